The third kappa shape index (κ3) is 5.19. The first-order valence-corrected chi connectivity index (χ1v) is 7.05. The Morgan fingerprint density at radius 3 is 2.44 bits per heavy atom. The molecule has 0 saturated carbocycles. The zero-order valence-electron chi connectivity index (χ0n) is 12.0. The number of methoxy groups -OCH3 is 1. The molecule has 1 N–H and O–H groups in total. The van der Waals surface area contributed by atoms with Crippen molar-refractivity contribution in [3.05, 3.63) is 35.9 Å². The van der Waals surface area contributed by atoms with Gasteiger partial charge in [0.25, 0.3) is 0 Å². The molecular formula is C16H27NO. The molecule has 18 heavy (non-hydrogen) atoms. The summed E-state index contributed by atoms with van der Waals surface area (Å²) in [7, 11) is 3.86. The molecular weight excluding hydrogens is 222 g/mol. The van der Waals surface area contributed by atoms with Gasteiger partial charge in [0.05, 0.1) is 6.10 Å². The molecule has 0 aliphatic rings. The minimum Gasteiger partial charge on any atom is -0.380 e. The zero-order chi connectivity index (χ0) is 13.2. The second-order valence-electron chi connectivity index (χ2n) is 4.84. The molecule has 0 fully saturated rings. The van der Waals surface area contributed by atoms with Crippen LogP contribution in [0.2, 0.25) is 0 Å². The van der Waals surface area contributed by atoms with Gasteiger partial charge in [-0.25, -0.2) is 0 Å². The molecule has 1 rings (SSSR count). The Labute approximate surface area is 112 Å². The molecule has 0 spiro atoms. The first kappa shape index (κ1) is 15.2. The highest BCUT2D eigenvalue weighted by atomic mass is 16.5. The van der Waals surface area contributed by atoms with Crippen LogP contribution in [0, 0.1) is 0 Å². The lowest BCUT2D eigenvalue weighted by atomic mass is 9.98. The Kier molecular flexibility index (Phi) is 7.70. The minimum absolute atomic E-state index is 0.343. The van der Waals surface area contributed by atoms with Gasteiger partial charge in [-0.05, 0) is 38.3 Å². The van der Waals surface area contributed by atoms with E-state index < -0.39 is 0 Å². The SMILES string of the molecule is CCCC(OC)C(CCCc1ccccc1)NC. The molecule has 1 aromatic rings. The highest BCUT2D eigenvalue weighted by Gasteiger charge is 2.17. The van der Waals surface area contributed by atoms with Crippen LogP contribution in [0.4, 0.5) is 0 Å². The van der Waals surface area contributed by atoms with Crippen LogP contribution in [-0.2, 0) is 11.2 Å². The van der Waals surface area contributed by atoms with Crippen molar-refractivity contribution in [2.75, 3.05) is 14.2 Å². The van der Waals surface area contributed by atoms with Crippen LogP contribution in [0.1, 0.15) is 38.2 Å². The van der Waals surface area contributed by atoms with Gasteiger partial charge in [0, 0.05) is 13.2 Å². The number of rotatable bonds is 9. The highest BCUT2D eigenvalue weighted by Crippen LogP contribution is 2.13. The highest BCUT2D eigenvalue weighted by molar-refractivity contribution is 5.14. The van der Waals surface area contributed by atoms with Gasteiger partial charge in [-0.3, -0.25) is 0 Å². The molecule has 0 amide bonds. The maximum atomic E-state index is 5.58. The Bertz CT molecular complexity index is 299. The topological polar surface area (TPSA) is 21.3 Å². The van der Waals surface area contributed by atoms with Crippen LogP contribution in [0.5, 0.6) is 0 Å². The van der Waals surface area contributed by atoms with Crippen molar-refractivity contribution >= 4 is 0 Å². The van der Waals surface area contributed by atoms with Gasteiger partial charge >= 0.3 is 0 Å². The summed E-state index contributed by atoms with van der Waals surface area (Å²) in [6, 6.07) is 11.2. The molecule has 1 aromatic carbocycles. The van der Waals surface area contributed by atoms with Crippen LogP contribution < -0.4 is 5.32 Å². The van der Waals surface area contributed by atoms with Gasteiger partial charge < -0.3 is 10.1 Å². The smallest absolute Gasteiger partial charge is 0.0724 e. The second kappa shape index (κ2) is 9.12. The first-order valence-electron chi connectivity index (χ1n) is 7.05. The quantitative estimate of drug-likeness (QED) is 0.724. The van der Waals surface area contributed by atoms with Gasteiger partial charge in [-0.1, -0.05) is 43.7 Å². The Morgan fingerprint density at radius 1 is 1.17 bits per heavy atom. The minimum atomic E-state index is 0.343. The molecule has 2 atom stereocenters. The number of ether oxygens (including phenoxy) is 1. The molecule has 0 aromatic heterocycles. The van der Waals surface area contributed by atoms with Crippen molar-refractivity contribution in [2.45, 2.75) is 51.2 Å². The number of hydrogen-bond acceptors (Lipinski definition) is 2. The Balaban J connectivity index is 2.35. The summed E-state index contributed by atoms with van der Waals surface area (Å²) in [5.74, 6) is 0. The van der Waals surface area contributed by atoms with Gasteiger partial charge in [0.15, 0.2) is 0 Å². The molecule has 0 saturated heterocycles. The van der Waals surface area contributed by atoms with Gasteiger partial charge in [0.1, 0.15) is 0 Å². The molecule has 0 aliphatic carbocycles. The summed E-state index contributed by atoms with van der Waals surface area (Å²) < 4.78 is 5.58. The van der Waals surface area contributed by atoms with E-state index in [1.54, 1.807) is 0 Å². The van der Waals surface area contributed by atoms with E-state index in [0.29, 0.717) is 12.1 Å². The van der Waals surface area contributed by atoms with E-state index in [4.69, 9.17) is 4.74 Å². The lowest BCUT2D eigenvalue weighted by molar-refractivity contribution is 0.0600. The molecule has 2 nitrogen and oxygen atoms in total. The predicted octanol–water partition coefficient (Wildman–Crippen LogP) is 3.41. The number of benzene rings is 1. The summed E-state index contributed by atoms with van der Waals surface area (Å²) in [6.45, 7) is 2.21. The van der Waals surface area contributed by atoms with Crippen molar-refractivity contribution in [3.63, 3.8) is 0 Å². The first-order chi connectivity index (χ1) is 8.81. The fourth-order valence-electron chi connectivity index (χ4n) is 2.45. The maximum absolute atomic E-state index is 5.58. The molecule has 0 heterocycles. The fourth-order valence-corrected chi connectivity index (χ4v) is 2.45. The van der Waals surface area contributed by atoms with Crippen LogP contribution >= 0.6 is 0 Å². The average molecular weight is 249 g/mol. The van der Waals surface area contributed by atoms with Crippen molar-refractivity contribution in [3.8, 4) is 0 Å². The van der Waals surface area contributed by atoms with E-state index in [9.17, 15) is 0 Å². The molecule has 0 radical (unpaired) electrons. The molecule has 0 bridgehead atoms. The standard InChI is InChI=1S/C16H27NO/c1-4-9-16(18-3)15(17-2)13-8-12-14-10-6-5-7-11-14/h5-7,10-11,15-17H,4,8-9,12-13H2,1-3H3. The van der Waals surface area contributed by atoms with Crippen molar-refractivity contribution in [2.24, 2.45) is 0 Å². The fraction of sp³-hybridized carbons (Fsp3) is 0.625. The number of nitrogens with one attached hydrogen (secondary N) is 1. The van der Waals surface area contributed by atoms with Gasteiger partial charge in [0.2, 0.25) is 0 Å². The second-order valence-corrected chi connectivity index (χ2v) is 4.84. The molecule has 102 valence electrons. The van der Waals surface area contributed by atoms with E-state index in [1.165, 1.54) is 24.8 Å². The van der Waals surface area contributed by atoms with E-state index >= 15 is 0 Å². The summed E-state index contributed by atoms with van der Waals surface area (Å²) in [6.07, 6.45) is 6.18. The maximum Gasteiger partial charge on any atom is 0.0724 e. The van der Waals surface area contributed by atoms with E-state index in [1.807, 2.05) is 14.2 Å². The van der Waals surface area contributed by atoms with Crippen LogP contribution in [0.15, 0.2) is 30.3 Å². The van der Waals surface area contributed by atoms with Crippen LogP contribution in [-0.4, -0.2) is 26.3 Å². The van der Waals surface area contributed by atoms with Crippen molar-refractivity contribution in [1.29, 1.82) is 0 Å². The van der Waals surface area contributed by atoms with Crippen LogP contribution in [0.3, 0.4) is 0 Å². The third-order valence-corrected chi connectivity index (χ3v) is 3.52. The van der Waals surface area contributed by atoms with Crippen molar-refractivity contribution < 1.29 is 4.74 Å². The number of hydrogen-bond donors (Lipinski definition) is 1. The largest absolute Gasteiger partial charge is 0.380 e. The molecule has 2 heteroatoms. The van der Waals surface area contributed by atoms with E-state index in [0.717, 1.165) is 12.8 Å². The van der Waals surface area contributed by atoms with E-state index in [2.05, 4.69) is 42.6 Å². The average Bonchev–Trinajstić information content (AvgIpc) is 2.43. The van der Waals surface area contributed by atoms with Gasteiger partial charge in [-0.15, -0.1) is 0 Å². The van der Waals surface area contributed by atoms with E-state index in [-0.39, 0.29) is 0 Å². The summed E-state index contributed by atoms with van der Waals surface area (Å²) in [4.78, 5) is 0. The third-order valence-electron chi connectivity index (χ3n) is 3.52. The lowest BCUT2D eigenvalue weighted by Gasteiger charge is -2.25. The molecule has 0 aliphatic heterocycles. The molecule has 2 unspecified atom stereocenters. The summed E-state index contributed by atoms with van der Waals surface area (Å²) in [5.41, 5.74) is 1.43. The number of likely N-dealkylation sites (N-methyl/N-ethyl adjacent to an activating group) is 1. The monoisotopic (exact) mass is 249 g/mol. The predicted molar refractivity (Wildman–Crippen MR) is 77.9 cm³/mol. The Morgan fingerprint density at radius 2 is 1.89 bits per heavy atom. The number of aryl methyl sites for hydroxylation is 1. The summed E-state index contributed by atoms with van der Waals surface area (Å²) >= 11 is 0. The normalized spacial score (nSPS) is 14.4. The Hall–Kier alpha value is -0.860. The summed E-state index contributed by atoms with van der Waals surface area (Å²) in [5, 5.41) is 3.40. The van der Waals surface area contributed by atoms with Crippen molar-refractivity contribution in [1.82, 2.24) is 5.32 Å². The zero-order valence-corrected chi connectivity index (χ0v) is 12.0. The lowest BCUT2D eigenvalue weighted by Crippen LogP contribution is -2.38. The van der Waals surface area contributed by atoms with Crippen LogP contribution in [0.25, 0.3) is 0 Å². The van der Waals surface area contributed by atoms with Gasteiger partial charge in [-0.2, -0.15) is 0 Å².